The molecule has 0 radical (unpaired) electrons. The predicted molar refractivity (Wildman–Crippen MR) is 170 cm³/mol. The Morgan fingerprint density at radius 3 is 1.95 bits per heavy atom. The van der Waals surface area contributed by atoms with Gasteiger partial charge in [0.05, 0.1) is 12.6 Å². The minimum absolute atomic E-state index is 0.0510. The van der Waals surface area contributed by atoms with Crippen LogP contribution in [0.5, 0.6) is 0 Å². The van der Waals surface area contributed by atoms with Crippen molar-refractivity contribution in [2.75, 3.05) is 13.7 Å². The number of likely N-dealkylation sites (N-methyl/N-ethyl adjacent to an activating group) is 1. The van der Waals surface area contributed by atoms with Crippen molar-refractivity contribution in [1.29, 1.82) is 0 Å². The Balaban J connectivity index is 3.58. The quantitative estimate of drug-likeness (QED) is 0.178. The van der Waals surface area contributed by atoms with E-state index in [1.165, 1.54) is 4.90 Å². The molecule has 0 aromatic heterocycles. The van der Waals surface area contributed by atoms with E-state index in [2.05, 4.69) is 5.32 Å². The third-order valence-corrected chi connectivity index (χ3v) is 7.47. The summed E-state index contributed by atoms with van der Waals surface area (Å²) in [4.78, 5) is 55.3. The molecule has 0 fully saturated rings. The minimum atomic E-state index is -1.25. The summed E-state index contributed by atoms with van der Waals surface area (Å²) >= 11 is 6.63. The molecule has 1 aromatic carbocycles. The maximum atomic E-state index is 14.2. The van der Waals surface area contributed by atoms with Gasteiger partial charge < -0.3 is 19.7 Å². The van der Waals surface area contributed by atoms with Crippen molar-refractivity contribution in [3.8, 4) is 0 Å². The Morgan fingerprint density at radius 2 is 1.51 bits per heavy atom. The molecule has 0 bridgehead atoms. The zero-order chi connectivity index (χ0) is 33.5. The molecule has 0 heterocycles. The molecule has 0 aliphatic heterocycles. The molecule has 0 aliphatic rings. The lowest BCUT2D eigenvalue weighted by Gasteiger charge is -2.41. The predicted octanol–water partition coefficient (Wildman–Crippen LogP) is 6.25. The number of hydrogen-bond donors (Lipinski definition) is 1. The highest BCUT2D eigenvalue weighted by Crippen LogP contribution is 2.34. The number of carbonyl (C=O) groups excluding carboxylic acids is 4. The van der Waals surface area contributed by atoms with Gasteiger partial charge >= 0.3 is 12.1 Å². The Kier molecular flexibility index (Phi) is 13.3. The van der Waals surface area contributed by atoms with Gasteiger partial charge in [0, 0.05) is 29.8 Å². The van der Waals surface area contributed by atoms with Crippen LogP contribution in [0.15, 0.2) is 42.0 Å². The van der Waals surface area contributed by atoms with Gasteiger partial charge in [-0.3, -0.25) is 9.59 Å². The number of amides is 3. The molecule has 10 heteroatoms. The molecule has 0 aliphatic carbocycles. The molecular weight excluding hydrogens is 570 g/mol. The highest BCUT2D eigenvalue weighted by Gasteiger charge is 2.47. The maximum absolute atomic E-state index is 14.2. The fraction of sp³-hybridized carbons (Fsp3) is 0.636. The second kappa shape index (κ2) is 15.1. The van der Waals surface area contributed by atoms with Crippen LogP contribution in [-0.2, 0) is 29.3 Å². The second-order valence-electron chi connectivity index (χ2n) is 13.8. The number of rotatable bonds is 11. The zero-order valence-electron chi connectivity index (χ0n) is 28.2. The molecule has 1 rings (SSSR count). The number of nitrogens with zero attached hydrogens (tertiary/aromatic N) is 2. The smallest absolute Gasteiger partial charge is 0.425 e. The number of nitrogens with one attached hydrogen (secondary N) is 1. The van der Waals surface area contributed by atoms with Crippen molar-refractivity contribution in [3.63, 3.8) is 0 Å². The van der Waals surface area contributed by atoms with Crippen LogP contribution in [0.4, 0.5) is 4.79 Å². The Hall–Kier alpha value is -3.07. The highest BCUT2D eigenvalue weighted by molar-refractivity contribution is 6.22. The molecule has 1 N–H and O–H groups in total. The largest absolute Gasteiger partial charge is 0.463 e. The second-order valence-corrected chi connectivity index (χ2v) is 14.2. The number of ether oxygens (including phenoxy) is 2. The molecule has 9 nitrogen and oxygen atoms in total. The van der Waals surface area contributed by atoms with Gasteiger partial charge in [-0.2, -0.15) is 0 Å². The van der Waals surface area contributed by atoms with E-state index in [1.807, 2.05) is 78.8 Å². The van der Waals surface area contributed by atoms with Crippen molar-refractivity contribution in [2.24, 2.45) is 11.3 Å². The molecule has 0 unspecified atom stereocenters. The fourth-order valence-corrected chi connectivity index (χ4v) is 5.06. The van der Waals surface area contributed by atoms with Gasteiger partial charge in [0.15, 0.2) is 0 Å². The van der Waals surface area contributed by atoms with Crippen molar-refractivity contribution >= 4 is 35.7 Å². The minimum Gasteiger partial charge on any atom is -0.463 e. The van der Waals surface area contributed by atoms with Crippen LogP contribution < -0.4 is 5.32 Å². The fourth-order valence-electron chi connectivity index (χ4n) is 4.69. The summed E-state index contributed by atoms with van der Waals surface area (Å²) in [6.45, 7) is 21.8. The lowest BCUT2D eigenvalue weighted by Crippen LogP contribution is -2.62. The van der Waals surface area contributed by atoms with Gasteiger partial charge in [-0.1, -0.05) is 84.9 Å². The first-order valence-electron chi connectivity index (χ1n) is 14.7. The normalized spacial score (nSPS) is 14.8. The average Bonchev–Trinajstić information content (AvgIpc) is 2.88. The van der Waals surface area contributed by atoms with E-state index in [4.69, 9.17) is 21.3 Å². The van der Waals surface area contributed by atoms with Gasteiger partial charge in [-0.25, -0.2) is 14.0 Å². The van der Waals surface area contributed by atoms with E-state index in [9.17, 15) is 19.2 Å². The summed E-state index contributed by atoms with van der Waals surface area (Å²) in [5, 5.41) is 2.93. The SMILES string of the molecule is CCOC(=O)C(C)=C[C@H](C(C)C)N(C)C(=O)[C@@H](NC(=O)[C@@H](N(Cl)C(=O)OC(C)(C)C)C(C)(C)c1ccccc1)C(C)(C)C. The van der Waals surface area contributed by atoms with Crippen LogP contribution in [0.1, 0.15) is 88.6 Å². The van der Waals surface area contributed by atoms with E-state index in [1.54, 1.807) is 47.7 Å². The topological polar surface area (TPSA) is 105 Å². The molecule has 242 valence electrons. The highest BCUT2D eigenvalue weighted by atomic mass is 35.5. The average molecular weight is 622 g/mol. The lowest BCUT2D eigenvalue weighted by atomic mass is 9.76. The maximum Gasteiger partial charge on any atom is 0.425 e. The van der Waals surface area contributed by atoms with Crippen LogP contribution in [0, 0.1) is 11.3 Å². The van der Waals surface area contributed by atoms with E-state index < -0.39 is 52.5 Å². The van der Waals surface area contributed by atoms with E-state index in [0.29, 0.717) is 5.57 Å². The lowest BCUT2D eigenvalue weighted by molar-refractivity contribution is -0.141. The van der Waals surface area contributed by atoms with E-state index in [-0.39, 0.29) is 18.4 Å². The van der Waals surface area contributed by atoms with E-state index >= 15 is 0 Å². The number of esters is 1. The molecule has 0 spiro atoms. The van der Waals surface area contributed by atoms with Gasteiger partial charge in [-0.15, -0.1) is 0 Å². The van der Waals surface area contributed by atoms with Gasteiger partial charge in [0.2, 0.25) is 11.8 Å². The number of halogens is 1. The third-order valence-electron chi connectivity index (χ3n) is 7.14. The third kappa shape index (κ3) is 10.6. The van der Waals surface area contributed by atoms with Crippen LogP contribution in [-0.4, -0.2) is 70.6 Å². The summed E-state index contributed by atoms with van der Waals surface area (Å²) in [6.07, 6.45) is 0.834. The van der Waals surface area contributed by atoms with Gasteiger partial charge in [-0.05, 0) is 51.5 Å². The first-order chi connectivity index (χ1) is 19.6. The van der Waals surface area contributed by atoms with Crippen molar-refractivity contribution in [3.05, 3.63) is 47.5 Å². The van der Waals surface area contributed by atoms with Gasteiger partial charge in [0.25, 0.3) is 0 Å². The monoisotopic (exact) mass is 621 g/mol. The molecule has 0 saturated carbocycles. The summed E-state index contributed by atoms with van der Waals surface area (Å²) < 4.78 is 11.4. The van der Waals surface area contributed by atoms with Crippen molar-refractivity contribution in [1.82, 2.24) is 14.6 Å². The Morgan fingerprint density at radius 1 is 0.977 bits per heavy atom. The van der Waals surface area contributed by atoms with Crippen molar-refractivity contribution in [2.45, 2.75) is 112 Å². The van der Waals surface area contributed by atoms with Crippen molar-refractivity contribution < 1.29 is 28.7 Å². The number of carbonyl (C=O) groups is 4. The molecule has 43 heavy (non-hydrogen) atoms. The standard InChI is InChI=1S/C33H52ClN3O6/c1-14-42-29(40)22(4)20-24(21(2)3)36(13)28(39)25(31(5,6)7)35-27(38)26(37(34)30(41)43-32(8,9)10)33(11,12)23-18-16-15-17-19-23/h15-21,24-26H,14H2,1-13H3,(H,35,38)/t24-,25-,26-/m1/s1. The summed E-state index contributed by atoms with van der Waals surface area (Å²) in [7, 11) is 1.65. The summed E-state index contributed by atoms with van der Waals surface area (Å²) in [5.74, 6) is -1.48. The Bertz CT molecular complexity index is 1150. The van der Waals surface area contributed by atoms with Crippen LogP contribution in [0.3, 0.4) is 0 Å². The molecular formula is C33H52ClN3O6. The molecule has 3 amide bonds. The summed E-state index contributed by atoms with van der Waals surface area (Å²) in [6, 6.07) is 6.54. The van der Waals surface area contributed by atoms with Crippen LogP contribution in [0.25, 0.3) is 0 Å². The first-order valence-corrected chi connectivity index (χ1v) is 15.1. The zero-order valence-corrected chi connectivity index (χ0v) is 29.0. The van der Waals surface area contributed by atoms with E-state index in [0.717, 1.165) is 9.98 Å². The molecule has 1 aromatic rings. The molecule has 3 atom stereocenters. The summed E-state index contributed by atoms with van der Waals surface area (Å²) in [5.41, 5.74) is -1.42. The first kappa shape index (κ1) is 38.0. The number of hydrogen-bond acceptors (Lipinski definition) is 6. The Labute approximate surface area is 263 Å². The van der Waals surface area contributed by atoms with Crippen LogP contribution >= 0.6 is 11.8 Å². The number of benzene rings is 1. The molecule has 0 saturated heterocycles. The van der Waals surface area contributed by atoms with Crippen LogP contribution in [0.2, 0.25) is 0 Å². The van der Waals surface area contributed by atoms with Gasteiger partial charge in [0.1, 0.15) is 17.7 Å².